The number of esters is 1. The molecule has 3 rings (SSSR count). The second kappa shape index (κ2) is 8.41. The first kappa shape index (κ1) is 17.8. The lowest BCUT2D eigenvalue weighted by Gasteiger charge is -2.32. The third-order valence-corrected chi connectivity index (χ3v) is 4.69. The van der Waals surface area contributed by atoms with Crippen LogP contribution in [0.1, 0.15) is 47.3 Å². The van der Waals surface area contributed by atoms with E-state index in [0.29, 0.717) is 17.2 Å². The van der Waals surface area contributed by atoms with Crippen molar-refractivity contribution in [3.05, 3.63) is 58.6 Å². The highest BCUT2D eigenvalue weighted by molar-refractivity contribution is 6.30. The van der Waals surface area contributed by atoms with Crippen LogP contribution in [0.4, 0.5) is 0 Å². The Morgan fingerprint density at radius 1 is 1.36 bits per heavy atom. The van der Waals surface area contributed by atoms with Crippen LogP contribution in [0.15, 0.2) is 36.8 Å². The number of carbonyl (C=O) groups excluding carboxylic acids is 1. The summed E-state index contributed by atoms with van der Waals surface area (Å²) in [5.41, 5.74) is 2.53. The number of aromatic nitrogens is 2. The van der Waals surface area contributed by atoms with Crippen LogP contribution in [-0.4, -0.2) is 40.5 Å². The van der Waals surface area contributed by atoms with E-state index in [1.54, 1.807) is 25.4 Å². The molecule has 1 aliphatic heterocycles. The quantitative estimate of drug-likeness (QED) is 0.762. The van der Waals surface area contributed by atoms with Crippen molar-refractivity contribution in [2.24, 2.45) is 0 Å². The first-order chi connectivity index (χ1) is 12.2. The van der Waals surface area contributed by atoms with Crippen LogP contribution < -0.4 is 0 Å². The zero-order chi connectivity index (χ0) is 17.6. The number of hydrogen-bond acceptors (Lipinski definition) is 5. The number of carbonyl (C=O) groups is 1. The van der Waals surface area contributed by atoms with E-state index in [1.807, 2.05) is 12.3 Å². The molecular formula is C19H22ClN3O2. The number of hydrogen-bond donors (Lipinski definition) is 0. The Kier molecular flexibility index (Phi) is 6.00. The Labute approximate surface area is 153 Å². The summed E-state index contributed by atoms with van der Waals surface area (Å²) in [6, 6.07) is 5.73. The minimum Gasteiger partial charge on any atom is -0.462 e. The molecule has 0 atom stereocenters. The van der Waals surface area contributed by atoms with E-state index in [9.17, 15) is 4.79 Å². The van der Waals surface area contributed by atoms with E-state index >= 15 is 0 Å². The molecule has 0 saturated carbocycles. The summed E-state index contributed by atoms with van der Waals surface area (Å²) in [7, 11) is 0. The average molecular weight is 360 g/mol. The highest BCUT2D eigenvalue weighted by Gasteiger charge is 2.26. The van der Waals surface area contributed by atoms with Gasteiger partial charge in [-0.2, -0.15) is 0 Å². The monoisotopic (exact) mass is 359 g/mol. The highest BCUT2D eigenvalue weighted by Crippen LogP contribution is 2.31. The Balaban J connectivity index is 1.67. The molecule has 5 nitrogen and oxygen atoms in total. The number of ether oxygens (including phenoxy) is 1. The Morgan fingerprint density at radius 3 is 2.84 bits per heavy atom. The second-order valence-electron chi connectivity index (χ2n) is 6.22. The predicted molar refractivity (Wildman–Crippen MR) is 96.7 cm³/mol. The van der Waals surface area contributed by atoms with Crippen molar-refractivity contribution in [3.63, 3.8) is 0 Å². The number of likely N-dealkylation sites (tertiary alicyclic amines) is 1. The minimum atomic E-state index is -0.342. The molecule has 1 aliphatic rings. The van der Waals surface area contributed by atoms with Crippen molar-refractivity contribution >= 4 is 17.6 Å². The van der Waals surface area contributed by atoms with Gasteiger partial charge in [0, 0.05) is 31.1 Å². The van der Waals surface area contributed by atoms with E-state index < -0.39 is 0 Å². The SMILES string of the molecule is CCOC(=O)c1cc(Cl)cnc1C1CCN(Cc2cccnc2)CC1. The summed E-state index contributed by atoms with van der Waals surface area (Å²) in [5.74, 6) is -0.0906. The fraction of sp³-hybridized carbons (Fsp3) is 0.421. The van der Waals surface area contributed by atoms with Gasteiger partial charge in [-0.1, -0.05) is 17.7 Å². The summed E-state index contributed by atoms with van der Waals surface area (Å²) < 4.78 is 5.16. The van der Waals surface area contributed by atoms with Crippen molar-refractivity contribution < 1.29 is 9.53 Å². The zero-order valence-corrected chi connectivity index (χ0v) is 15.1. The Bertz CT molecular complexity index is 716. The van der Waals surface area contributed by atoms with Crippen LogP contribution in [0, 0.1) is 0 Å². The summed E-state index contributed by atoms with van der Waals surface area (Å²) in [5, 5.41) is 0.459. The lowest BCUT2D eigenvalue weighted by Crippen LogP contribution is -2.33. The van der Waals surface area contributed by atoms with Gasteiger partial charge in [0.05, 0.1) is 22.9 Å². The smallest absolute Gasteiger partial charge is 0.340 e. The molecule has 0 aliphatic carbocycles. The van der Waals surface area contributed by atoms with E-state index in [4.69, 9.17) is 16.3 Å². The molecule has 0 amide bonds. The number of piperidine rings is 1. The van der Waals surface area contributed by atoms with Gasteiger partial charge in [0.25, 0.3) is 0 Å². The van der Waals surface area contributed by atoms with Crippen molar-refractivity contribution in [3.8, 4) is 0 Å². The molecule has 0 aromatic carbocycles. The summed E-state index contributed by atoms with van der Waals surface area (Å²) in [6.07, 6.45) is 7.23. The fourth-order valence-corrected chi connectivity index (χ4v) is 3.42. The largest absolute Gasteiger partial charge is 0.462 e. The van der Waals surface area contributed by atoms with Crippen LogP contribution in [-0.2, 0) is 11.3 Å². The van der Waals surface area contributed by atoms with E-state index in [1.165, 1.54) is 5.56 Å². The van der Waals surface area contributed by atoms with Crippen LogP contribution >= 0.6 is 11.6 Å². The lowest BCUT2D eigenvalue weighted by atomic mass is 9.90. The molecule has 1 fully saturated rings. The third kappa shape index (κ3) is 4.55. The highest BCUT2D eigenvalue weighted by atomic mass is 35.5. The lowest BCUT2D eigenvalue weighted by molar-refractivity contribution is 0.0523. The molecule has 2 aromatic heterocycles. The molecule has 0 bridgehead atoms. The number of nitrogens with zero attached hydrogens (tertiary/aromatic N) is 3. The second-order valence-corrected chi connectivity index (χ2v) is 6.65. The van der Waals surface area contributed by atoms with Gasteiger partial charge in [-0.15, -0.1) is 0 Å². The Hall–Kier alpha value is -1.98. The molecule has 0 radical (unpaired) electrons. The topological polar surface area (TPSA) is 55.3 Å². The fourth-order valence-electron chi connectivity index (χ4n) is 3.26. The third-order valence-electron chi connectivity index (χ3n) is 4.48. The van der Waals surface area contributed by atoms with Crippen molar-refractivity contribution in [1.29, 1.82) is 0 Å². The van der Waals surface area contributed by atoms with Crippen LogP contribution in [0.3, 0.4) is 0 Å². The average Bonchev–Trinajstić information content (AvgIpc) is 2.63. The number of rotatable bonds is 5. The van der Waals surface area contributed by atoms with Gasteiger partial charge in [0.15, 0.2) is 0 Å². The molecule has 6 heteroatoms. The van der Waals surface area contributed by atoms with Gasteiger partial charge in [-0.25, -0.2) is 4.79 Å². The zero-order valence-electron chi connectivity index (χ0n) is 14.3. The molecule has 3 heterocycles. The molecular weight excluding hydrogens is 338 g/mol. The maximum atomic E-state index is 12.2. The molecule has 0 N–H and O–H groups in total. The van der Waals surface area contributed by atoms with Gasteiger partial charge >= 0.3 is 5.97 Å². The first-order valence-corrected chi connectivity index (χ1v) is 8.99. The molecule has 0 spiro atoms. The van der Waals surface area contributed by atoms with Crippen molar-refractivity contribution in [1.82, 2.24) is 14.9 Å². The normalized spacial score (nSPS) is 15.9. The first-order valence-electron chi connectivity index (χ1n) is 8.61. The van der Waals surface area contributed by atoms with Crippen LogP contribution in [0.2, 0.25) is 5.02 Å². The Morgan fingerprint density at radius 2 is 2.16 bits per heavy atom. The predicted octanol–water partition coefficient (Wildman–Crippen LogP) is 3.69. The van der Waals surface area contributed by atoms with Gasteiger partial charge in [-0.3, -0.25) is 14.9 Å². The minimum absolute atomic E-state index is 0.252. The van der Waals surface area contributed by atoms with Crippen LogP contribution in [0.25, 0.3) is 0 Å². The maximum Gasteiger partial charge on any atom is 0.340 e. The van der Waals surface area contributed by atoms with Crippen molar-refractivity contribution in [2.75, 3.05) is 19.7 Å². The van der Waals surface area contributed by atoms with Gasteiger partial charge in [0.1, 0.15) is 0 Å². The van der Waals surface area contributed by atoms with E-state index in [2.05, 4.69) is 20.9 Å². The summed E-state index contributed by atoms with van der Waals surface area (Å²) >= 11 is 6.03. The summed E-state index contributed by atoms with van der Waals surface area (Å²) in [4.78, 5) is 23.3. The van der Waals surface area contributed by atoms with Crippen LogP contribution in [0.5, 0.6) is 0 Å². The molecule has 0 unspecified atom stereocenters. The van der Waals surface area contributed by atoms with Gasteiger partial charge < -0.3 is 4.74 Å². The summed E-state index contributed by atoms with van der Waals surface area (Å²) in [6.45, 7) is 4.97. The van der Waals surface area contributed by atoms with E-state index in [-0.39, 0.29) is 11.9 Å². The standard InChI is InChI=1S/C19H22ClN3O2/c1-2-25-19(24)17-10-16(20)12-22-18(17)15-5-8-23(9-6-15)13-14-4-3-7-21-11-14/h3-4,7,10-12,15H,2,5-6,8-9,13H2,1H3. The van der Waals surface area contributed by atoms with Gasteiger partial charge in [-0.05, 0) is 50.6 Å². The van der Waals surface area contributed by atoms with E-state index in [0.717, 1.165) is 38.2 Å². The molecule has 2 aromatic rings. The number of pyridine rings is 2. The van der Waals surface area contributed by atoms with Gasteiger partial charge in [0.2, 0.25) is 0 Å². The number of halogens is 1. The molecule has 132 valence electrons. The van der Waals surface area contributed by atoms with Crippen molar-refractivity contribution in [2.45, 2.75) is 32.2 Å². The molecule has 25 heavy (non-hydrogen) atoms. The molecule has 1 saturated heterocycles. The maximum absolute atomic E-state index is 12.2.